The topological polar surface area (TPSA) is 93.8 Å². The fraction of sp³-hybridized carbons (Fsp3) is 0.375. The van der Waals surface area contributed by atoms with E-state index in [0.29, 0.717) is 18.7 Å². The second-order valence-corrected chi connectivity index (χ2v) is 5.04. The third-order valence-corrected chi connectivity index (χ3v) is 3.33. The minimum absolute atomic E-state index is 0.0142. The summed E-state index contributed by atoms with van der Waals surface area (Å²) in [7, 11) is 1.32. The van der Waals surface area contributed by atoms with E-state index in [-0.39, 0.29) is 29.0 Å². The van der Waals surface area contributed by atoms with Crippen molar-refractivity contribution in [1.29, 1.82) is 0 Å². The largest absolute Gasteiger partial charge is 0.494 e. The Balaban J connectivity index is 2.33. The zero-order valence-electron chi connectivity index (χ0n) is 13.6. The van der Waals surface area contributed by atoms with Gasteiger partial charge < -0.3 is 24.4 Å². The van der Waals surface area contributed by atoms with Gasteiger partial charge in [-0.15, -0.1) is 0 Å². The van der Waals surface area contributed by atoms with Gasteiger partial charge in [0.2, 0.25) is 0 Å². The van der Waals surface area contributed by atoms with Crippen molar-refractivity contribution in [2.75, 3.05) is 25.6 Å². The lowest BCUT2D eigenvalue weighted by atomic mass is 10.1. The highest BCUT2D eigenvalue weighted by Gasteiger charge is 2.24. The highest BCUT2D eigenvalue weighted by Crippen LogP contribution is 2.32. The van der Waals surface area contributed by atoms with Crippen LogP contribution in [0, 0.1) is 5.82 Å². The van der Waals surface area contributed by atoms with Crippen LogP contribution < -0.4 is 10.1 Å². The summed E-state index contributed by atoms with van der Waals surface area (Å²) >= 11 is 0. The fourth-order valence-corrected chi connectivity index (χ4v) is 2.19. The fourth-order valence-electron chi connectivity index (χ4n) is 2.19. The molecule has 0 saturated carbocycles. The minimum Gasteiger partial charge on any atom is -0.494 e. The summed E-state index contributed by atoms with van der Waals surface area (Å²) in [5.74, 6) is -1.66. The third kappa shape index (κ3) is 3.83. The Morgan fingerprint density at radius 3 is 2.88 bits per heavy atom. The Labute approximate surface area is 138 Å². The first-order valence-electron chi connectivity index (χ1n) is 7.40. The van der Waals surface area contributed by atoms with Gasteiger partial charge in [0.1, 0.15) is 0 Å². The van der Waals surface area contributed by atoms with E-state index in [1.807, 2.05) is 13.8 Å². The molecular formula is C16H19FN2O5. The molecule has 0 fully saturated rings. The molecule has 0 radical (unpaired) electrons. The zero-order chi connectivity index (χ0) is 17.7. The molecule has 1 unspecified atom stereocenters. The molecule has 0 bridgehead atoms. The molecule has 2 rings (SSSR count). The summed E-state index contributed by atoms with van der Waals surface area (Å²) in [5, 5.41) is 16.1. The SMILES string of the molecule is CCOC(C)CNc1noc(-c2ccc(F)c(OC)c2)c1C(=O)O. The lowest BCUT2D eigenvalue weighted by Gasteiger charge is -2.12. The van der Waals surface area contributed by atoms with E-state index in [9.17, 15) is 14.3 Å². The van der Waals surface area contributed by atoms with Crippen LogP contribution in [0.2, 0.25) is 0 Å². The van der Waals surface area contributed by atoms with E-state index in [1.165, 1.54) is 25.3 Å². The zero-order valence-corrected chi connectivity index (χ0v) is 13.6. The van der Waals surface area contributed by atoms with Gasteiger partial charge in [-0.1, -0.05) is 5.16 Å². The van der Waals surface area contributed by atoms with Gasteiger partial charge in [-0.3, -0.25) is 0 Å². The average molecular weight is 338 g/mol. The van der Waals surface area contributed by atoms with Crippen LogP contribution in [0.25, 0.3) is 11.3 Å². The molecule has 0 aliphatic rings. The van der Waals surface area contributed by atoms with E-state index in [2.05, 4.69) is 10.5 Å². The molecule has 2 aromatic rings. The highest BCUT2D eigenvalue weighted by atomic mass is 19.1. The summed E-state index contributed by atoms with van der Waals surface area (Å²) in [4.78, 5) is 11.6. The van der Waals surface area contributed by atoms with E-state index in [0.717, 1.165) is 0 Å². The van der Waals surface area contributed by atoms with Crippen molar-refractivity contribution in [1.82, 2.24) is 5.16 Å². The van der Waals surface area contributed by atoms with Gasteiger partial charge in [-0.2, -0.15) is 0 Å². The van der Waals surface area contributed by atoms with Gasteiger partial charge in [0.25, 0.3) is 0 Å². The van der Waals surface area contributed by atoms with E-state index in [4.69, 9.17) is 14.0 Å². The molecule has 1 aromatic carbocycles. The van der Waals surface area contributed by atoms with E-state index >= 15 is 0 Å². The first-order valence-corrected chi connectivity index (χ1v) is 7.40. The van der Waals surface area contributed by atoms with Crippen LogP contribution in [0.1, 0.15) is 24.2 Å². The first-order chi connectivity index (χ1) is 11.5. The van der Waals surface area contributed by atoms with Gasteiger partial charge in [0.15, 0.2) is 28.7 Å². The van der Waals surface area contributed by atoms with Gasteiger partial charge in [0, 0.05) is 18.7 Å². The number of rotatable bonds is 8. The molecule has 130 valence electrons. The molecule has 0 aliphatic heterocycles. The molecule has 0 saturated heterocycles. The number of methoxy groups -OCH3 is 1. The Morgan fingerprint density at radius 2 is 2.25 bits per heavy atom. The minimum atomic E-state index is -1.21. The molecule has 0 spiro atoms. The van der Waals surface area contributed by atoms with Crippen LogP contribution in [-0.4, -0.2) is 42.6 Å². The molecular weight excluding hydrogens is 319 g/mol. The number of carboxylic acids is 1. The quantitative estimate of drug-likeness (QED) is 0.764. The predicted octanol–water partition coefficient (Wildman–Crippen LogP) is 3.02. The van der Waals surface area contributed by atoms with E-state index < -0.39 is 11.8 Å². The summed E-state index contributed by atoms with van der Waals surface area (Å²) in [6.07, 6.45) is -0.122. The maximum atomic E-state index is 13.5. The smallest absolute Gasteiger partial charge is 0.343 e. The Bertz CT molecular complexity index is 716. The van der Waals surface area contributed by atoms with E-state index in [1.54, 1.807) is 0 Å². The molecule has 0 aliphatic carbocycles. The van der Waals surface area contributed by atoms with Crippen LogP contribution in [0.15, 0.2) is 22.7 Å². The number of ether oxygens (including phenoxy) is 2. The molecule has 0 amide bonds. The molecule has 24 heavy (non-hydrogen) atoms. The van der Waals surface area contributed by atoms with Crippen LogP contribution in [0.5, 0.6) is 5.75 Å². The number of nitrogens with zero attached hydrogens (tertiary/aromatic N) is 1. The van der Waals surface area contributed by atoms with Crippen molar-refractivity contribution < 1.29 is 28.3 Å². The van der Waals surface area contributed by atoms with Crippen LogP contribution in [0.3, 0.4) is 0 Å². The Morgan fingerprint density at radius 1 is 1.50 bits per heavy atom. The monoisotopic (exact) mass is 338 g/mol. The maximum absolute atomic E-state index is 13.5. The number of aromatic carboxylic acids is 1. The number of anilines is 1. The number of nitrogens with one attached hydrogen (secondary N) is 1. The second-order valence-electron chi connectivity index (χ2n) is 5.04. The second kappa shape index (κ2) is 7.78. The molecule has 1 heterocycles. The lowest BCUT2D eigenvalue weighted by molar-refractivity contribution is 0.0697. The Hall–Kier alpha value is -2.61. The summed E-state index contributed by atoms with van der Waals surface area (Å²) in [5.41, 5.74) is 0.219. The first kappa shape index (κ1) is 17.7. The standard InChI is InChI=1S/C16H19FN2O5/c1-4-23-9(2)8-18-15-13(16(20)21)14(24-19-15)10-5-6-11(17)12(7-10)22-3/h5-7,9H,4,8H2,1-3H3,(H,18,19)(H,20,21). The van der Waals surface area contributed by atoms with Crippen LogP contribution in [0.4, 0.5) is 10.2 Å². The maximum Gasteiger partial charge on any atom is 0.343 e. The van der Waals surface area contributed by atoms with Crippen molar-refractivity contribution in [3.63, 3.8) is 0 Å². The van der Waals surface area contributed by atoms with Gasteiger partial charge >= 0.3 is 5.97 Å². The van der Waals surface area contributed by atoms with Gasteiger partial charge in [-0.25, -0.2) is 9.18 Å². The Kier molecular flexibility index (Phi) is 5.75. The summed E-state index contributed by atoms with van der Waals surface area (Å²) < 4.78 is 29.0. The van der Waals surface area contributed by atoms with Crippen molar-refractivity contribution in [2.24, 2.45) is 0 Å². The van der Waals surface area contributed by atoms with Crippen molar-refractivity contribution >= 4 is 11.8 Å². The van der Waals surface area contributed by atoms with Crippen molar-refractivity contribution in [2.45, 2.75) is 20.0 Å². The average Bonchev–Trinajstić information content (AvgIpc) is 2.98. The summed E-state index contributed by atoms with van der Waals surface area (Å²) in [6.45, 7) is 4.64. The molecule has 1 aromatic heterocycles. The van der Waals surface area contributed by atoms with Gasteiger partial charge in [0.05, 0.1) is 13.2 Å². The number of carboxylic acid groups (broad SMARTS) is 1. The van der Waals surface area contributed by atoms with Gasteiger partial charge in [-0.05, 0) is 32.0 Å². The molecule has 1 atom stereocenters. The van der Waals surface area contributed by atoms with Crippen LogP contribution in [-0.2, 0) is 4.74 Å². The number of benzene rings is 1. The molecule has 7 nitrogen and oxygen atoms in total. The predicted molar refractivity (Wildman–Crippen MR) is 85.0 cm³/mol. The van der Waals surface area contributed by atoms with Crippen LogP contribution >= 0.6 is 0 Å². The summed E-state index contributed by atoms with van der Waals surface area (Å²) in [6, 6.07) is 3.93. The third-order valence-electron chi connectivity index (χ3n) is 3.33. The molecule has 2 N–H and O–H groups in total. The molecule has 8 heteroatoms. The highest BCUT2D eigenvalue weighted by molar-refractivity contribution is 5.99. The van der Waals surface area contributed by atoms with Crippen molar-refractivity contribution in [3.8, 4) is 17.1 Å². The lowest BCUT2D eigenvalue weighted by Crippen LogP contribution is -2.20. The number of halogens is 1. The number of hydrogen-bond acceptors (Lipinski definition) is 6. The van der Waals surface area contributed by atoms with Crippen molar-refractivity contribution in [3.05, 3.63) is 29.6 Å². The number of carbonyl (C=O) groups is 1. The normalized spacial score (nSPS) is 12.0. The number of hydrogen-bond donors (Lipinski definition) is 2. The number of aromatic nitrogens is 1.